The maximum Gasteiger partial charge on any atom is 0.332 e. The van der Waals surface area contributed by atoms with Gasteiger partial charge in [0.1, 0.15) is 17.8 Å². The molecule has 0 amide bonds. The molecule has 0 bridgehead atoms. The summed E-state index contributed by atoms with van der Waals surface area (Å²) in [6.07, 6.45) is -0.351. The molecule has 2 aromatic rings. The van der Waals surface area contributed by atoms with Gasteiger partial charge in [0, 0.05) is 14.2 Å². The molecule has 0 fully saturated rings. The van der Waals surface area contributed by atoms with Crippen molar-refractivity contribution in [2.24, 2.45) is 7.05 Å². The van der Waals surface area contributed by atoms with E-state index in [4.69, 9.17) is 9.84 Å². The molecule has 0 aliphatic rings. The van der Waals surface area contributed by atoms with E-state index in [-0.39, 0.29) is 36.6 Å². The number of methoxy groups -OCH3 is 1. The Bertz CT molecular complexity index is 769. The minimum absolute atomic E-state index is 0.111. The summed E-state index contributed by atoms with van der Waals surface area (Å²) in [5.41, 5.74) is -0.804. The van der Waals surface area contributed by atoms with Crippen molar-refractivity contribution in [3.8, 4) is 0 Å². The molecule has 0 aliphatic heterocycles. The fourth-order valence-corrected chi connectivity index (χ4v) is 1.89. The van der Waals surface area contributed by atoms with Crippen LogP contribution in [0.15, 0.2) is 9.59 Å². The standard InChI is InChI=1S/C11H14N4O5/c1-14-10(18)8-9(13-6(12-8)5-7(16)17)15(11(14)19)3-4-20-2/h3-5H2,1-2H3,(H,12,13)(H,16,17). The molecule has 0 aliphatic carbocycles. The molecule has 2 aromatic heterocycles. The van der Waals surface area contributed by atoms with Crippen LogP contribution in [0.5, 0.6) is 0 Å². The SMILES string of the molecule is COCCn1c(=O)n(C)c(=O)c2[nH]c(CC(=O)O)nc21. The van der Waals surface area contributed by atoms with E-state index in [1.807, 2.05) is 0 Å². The van der Waals surface area contributed by atoms with Crippen molar-refractivity contribution in [3.05, 3.63) is 26.7 Å². The summed E-state index contributed by atoms with van der Waals surface area (Å²) in [5.74, 6) is -0.951. The first-order chi connectivity index (χ1) is 9.45. The number of H-pyrrole nitrogens is 1. The van der Waals surface area contributed by atoms with Gasteiger partial charge in [-0.1, -0.05) is 0 Å². The van der Waals surface area contributed by atoms with Crippen LogP contribution >= 0.6 is 0 Å². The highest BCUT2D eigenvalue weighted by Gasteiger charge is 2.16. The number of hydrogen-bond acceptors (Lipinski definition) is 5. The zero-order valence-corrected chi connectivity index (χ0v) is 11.0. The van der Waals surface area contributed by atoms with Gasteiger partial charge < -0.3 is 14.8 Å². The van der Waals surface area contributed by atoms with Gasteiger partial charge in [-0.25, -0.2) is 9.78 Å². The minimum atomic E-state index is -1.08. The van der Waals surface area contributed by atoms with Crippen molar-refractivity contribution in [2.45, 2.75) is 13.0 Å². The first-order valence-electron chi connectivity index (χ1n) is 5.85. The van der Waals surface area contributed by atoms with E-state index in [0.717, 1.165) is 4.57 Å². The molecule has 108 valence electrons. The molecule has 0 spiro atoms. The number of nitrogens with zero attached hydrogens (tertiary/aromatic N) is 3. The van der Waals surface area contributed by atoms with Crippen LogP contribution in [0, 0.1) is 0 Å². The van der Waals surface area contributed by atoms with Gasteiger partial charge in [0.25, 0.3) is 5.56 Å². The molecule has 0 radical (unpaired) electrons. The number of aliphatic carboxylic acids is 1. The molecule has 0 unspecified atom stereocenters. The van der Waals surface area contributed by atoms with Gasteiger partial charge in [0.2, 0.25) is 0 Å². The third-order valence-corrected chi connectivity index (χ3v) is 2.86. The van der Waals surface area contributed by atoms with Crippen LogP contribution < -0.4 is 11.2 Å². The third kappa shape index (κ3) is 2.35. The zero-order valence-electron chi connectivity index (χ0n) is 11.0. The van der Waals surface area contributed by atoms with Gasteiger partial charge in [0.05, 0.1) is 13.2 Å². The topological polar surface area (TPSA) is 119 Å². The van der Waals surface area contributed by atoms with Crippen molar-refractivity contribution in [1.82, 2.24) is 19.1 Å². The second-order valence-electron chi connectivity index (χ2n) is 4.24. The van der Waals surface area contributed by atoms with Crippen molar-refractivity contribution >= 4 is 17.1 Å². The normalized spacial score (nSPS) is 11.1. The summed E-state index contributed by atoms with van der Waals surface area (Å²) in [6.45, 7) is 0.492. The fourth-order valence-electron chi connectivity index (χ4n) is 1.89. The number of carboxylic acid groups (broad SMARTS) is 1. The number of carboxylic acids is 1. The molecular formula is C11H14N4O5. The van der Waals surface area contributed by atoms with Crippen LogP contribution in [0.1, 0.15) is 5.82 Å². The number of carbonyl (C=O) groups is 1. The molecule has 20 heavy (non-hydrogen) atoms. The van der Waals surface area contributed by atoms with Crippen LogP contribution in [-0.4, -0.2) is 43.9 Å². The molecule has 0 saturated carbocycles. The van der Waals surface area contributed by atoms with Crippen molar-refractivity contribution < 1.29 is 14.6 Å². The predicted molar refractivity (Wildman–Crippen MR) is 68.8 cm³/mol. The molecule has 2 rings (SSSR count). The quantitative estimate of drug-likeness (QED) is 0.703. The summed E-state index contributed by atoms with van der Waals surface area (Å²) in [7, 11) is 2.84. The van der Waals surface area contributed by atoms with Gasteiger partial charge in [-0.3, -0.25) is 18.7 Å². The summed E-state index contributed by atoms with van der Waals surface area (Å²) in [4.78, 5) is 41.4. The smallest absolute Gasteiger partial charge is 0.332 e. The molecular weight excluding hydrogens is 268 g/mol. The second kappa shape index (κ2) is 5.29. The number of ether oxygens (including phenoxy) is 1. The van der Waals surface area contributed by atoms with Gasteiger partial charge in [0.15, 0.2) is 5.65 Å². The lowest BCUT2D eigenvalue weighted by molar-refractivity contribution is -0.136. The first kappa shape index (κ1) is 14.0. The number of imidazole rings is 1. The summed E-state index contributed by atoms with van der Waals surface area (Å²) < 4.78 is 7.14. The maximum absolute atomic E-state index is 12.0. The highest BCUT2D eigenvalue weighted by molar-refractivity contribution is 5.73. The lowest BCUT2D eigenvalue weighted by atomic mass is 10.4. The Morgan fingerprint density at radius 1 is 1.45 bits per heavy atom. The Morgan fingerprint density at radius 3 is 2.75 bits per heavy atom. The van der Waals surface area contributed by atoms with Crippen molar-refractivity contribution in [2.75, 3.05) is 13.7 Å². The molecule has 2 N–H and O–H groups in total. The van der Waals surface area contributed by atoms with E-state index >= 15 is 0 Å². The first-order valence-corrected chi connectivity index (χ1v) is 5.85. The Balaban J connectivity index is 2.69. The Hall–Kier alpha value is -2.42. The molecule has 9 nitrogen and oxygen atoms in total. The Morgan fingerprint density at radius 2 is 2.15 bits per heavy atom. The predicted octanol–water partition coefficient (Wildman–Crippen LogP) is -1.30. The summed E-state index contributed by atoms with van der Waals surface area (Å²) in [6, 6.07) is 0. The molecule has 2 heterocycles. The van der Waals surface area contributed by atoms with Crippen molar-refractivity contribution in [1.29, 1.82) is 0 Å². The number of aromatic nitrogens is 4. The van der Waals surface area contributed by atoms with Gasteiger partial charge in [-0.15, -0.1) is 0 Å². The Labute approximate surface area is 112 Å². The van der Waals surface area contributed by atoms with E-state index in [0.29, 0.717) is 0 Å². The second-order valence-corrected chi connectivity index (χ2v) is 4.24. The number of nitrogens with one attached hydrogen (secondary N) is 1. The van der Waals surface area contributed by atoms with Crippen molar-refractivity contribution in [3.63, 3.8) is 0 Å². The van der Waals surface area contributed by atoms with E-state index in [2.05, 4.69) is 9.97 Å². The van der Waals surface area contributed by atoms with E-state index in [1.165, 1.54) is 18.7 Å². The summed E-state index contributed by atoms with van der Waals surface area (Å²) >= 11 is 0. The fraction of sp³-hybridized carbons (Fsp3) is 0.455. The number of hydrogen-bond donors (Lipinski definition) is 2. The van der Waals surface area contributed by atoms with Crippen LogP contribution in [0.4, 0.5) is 0 Å². The summed E-state index contributed by atoms with van der Waals surface area (Å²) in [5, 5.41) is 8.75. The van der Waals surface area contributed by atoms with Crippen LogP contribution in [0.25, 0.3) is 11.2 Å². The molecule has 0 atom stereocenters. The third-order valence-electron chi connectivity index (χ3n) is 2.86. The van der Waals surface area contributed by atoms with Gasteiger partial charge in [-0.05, 0) is 0 Å². The highest BCUT2D eigenvalue weighted by atomic mass is 16.5. The maximum atomic E-state index is 12.0. The average molecular weight is 282 g/mol. The van der Waals surface area contributed by atoms with E-state index < -0.39 is 17.2 Å². The molecule has 9 heteroatoms. The number of fused-ring (bicyclic) bond motifs is 1. The minimum Gasteiger partial charge on any atom is -0.481 e. The monoisotopic (exact) mass is 282 g/mol. The number of aromatic amines is 1. The number of rotatable bonds is 5. The largest absolute Gasteiger partial charge is 0.481 e. The van der Waals surface area contributed by atoms with Crippen LogP contribution in [0.2, 0.25) is 0 Å². The van der Waals surface area contributed by atoms with Crippen LogP contribution in [-0.2, 0) is 29.5 Å². The van der Waals surface area contributed by atoms with Crippen LogP contribution in [0.3, 0.4) is 0 Å². The van der Waals surface area contributed by atoms with E-state index in [9.17, 15) is 14.4 Å². The average Bonchev–Trinajstić information content (AvgIpc) is 2.79. The van der Waals surface area contributed by atoms with Gasteiger partial charge in [-0.2, -0.15) is 0 Å². The van der Waals surface area contributed by atoms with E-state index in [1.54, 1.807) is 0 Å². The molecule has 0 aromatic carbocycles. The Kier molecular flexibility index (Phi) is 3.70. The lowest BCUT2D eigenvalue weighted by Crippen LogP contribution is -2.38. The highest BCUT2D eigenvalue weighted by Crippen LogP contribution is 2.06. The van der Waals surface area contributed by atoms with Gasteiger partial charge >= 0.3 is 11.7 Å². The zero-order chi connectivity index (χ0) is 14.9. The lowest BCUT2D eigenvalue weighted by Gasteiger charge is -2.07. The molecule has 0 saturated heterocycles.